The lowest BCUT2D eigenvalue weighted by Gasteiger charge is -2.01. The van der Waals surface area contributed by atoms with Crippen molar-refractivity contribution in [3.8, 4) is 11.5 Å². The highest BCUT2D eigenvalue weighted by molar-refractivity contribution is 8.18. The van der Waals surface area contributed by atoms with E-state index < -0.39 is 5.91 Å². The molecule has 0 aromatic heterocycles. The molecule has 8 heteroatoms. The average molecular weight is 367 g/mol. The molecule has 2 aromatic carbocycles. The summed E-state index contributed by atoms with van der Waals surface area (Å²) >= 11 is 1.19. The van der Waals surface area contributed by atoms with E-state index in [1.54, 1.807) is 42.5 Å². The van der Waals surface area contributed by atoms with Crippen LogP contribution in [0.1, 0.15) is 15.9 Å². The number of para-hydroxylation sites is 1. The normalized spacial score (nSPS) is 18.4. The summed E-state index contributed by atoms with van der Waals surface area (Å²) < 4.78 is 10.6. The molecule has 2 aliphatic heterocycles. The van der Waals surface area contributed by atoms with Crippen LogP contribution >= 0.6 is 11.8 Å². The molecule has 0 unspecified atom stereocenters. The van der Waals surface area contributed by atoms with E-state index in [4.69, 9.17) is 15.2 Å². The van der Waals surface area contributed by atoms with Crippen LogP contribution in [0.4, 0.5) is 5.69 Å². The van der Waals surface area contributed by atoms with Crippen molar-refractivity contribution in [1.82, 2.24) is 5.32 Å². The van der Waals surface area contributed by atoms with E-state index in [1.165, 1.54) is 11.8 Å². The Morgan fingerprint density at radius 2 is 2.00 bits per heavy atom. The van der Waals surface area contributed by atoms with Gasteiger partial charge in [-0.3, -0.25) is 9.59 Å². The fourth-order valence-corrected chi connectivity index (χ4v) is 3.36. The Bertz CT molecular complexity index is 984. The highest BCUT2D eigenvalue weighted by atomic mass is 32.2. The molecule has 0 radical (unpaired) electrons. The molecule has 3 N–H and O–H groups in total. The van der Waals surface area contributed by atoms with Gasteiger partial charge >= 0.3 is 0 Å². The summed E-state index contributed by atoms with van der Waals surface area (Å²) in [5.74, 6) is 0.492. The average Bonchev–Trinajstić information content (AvgIpc) is 3.21. The van der Waals surface area contributed by atoms with Crippen molar-refractivity contribution in [3.63, 3.8) is 0 Å². The topological polar surface area (TPSA) is 103 Å². The maximum atomic E-state index is 12.2. The van der Waals surface area contributed by atoms with E-state index in [9.17, 15) is 9.59 Å². The number of amidine groups is 1. The Morgan fingerprint density at radius 3 is 2.85 bits per heavy atom. The number of nitrogens with zero attached hydrogens (tertiary/aromatic N) is 1. The van der Waals surface area contributed by atoms with Gasteiger partial charge in [0.1, 0.15) is 0 Å². The maximum absolute atomic E-state index is 12.2. The fourth-order valence-electron chi connectivity index (χ4n) is 2.52. The van der Waals surface area contributed by atoms with Crippen LogP contribution in [0.5, 0.6) is 11.5 Å². The van der Waals surface area contributed by atoms with E-state index in [2.05, 4.69) is 10.3 Å². The number of thioether (sulfide) groups is 1. The number of hydrogen-bond acceptors (Lipinski definition) is 6. The third kappa shape index (κ3) is 3.14. The van der Waals surface area contributed by atoms with Gasteiger partial charge in [-0.25, -0.2) is 4.99 Å². The molecule has 2 aromatic rings. The number of nitrogens with two attached hydrogens (primary N) is 1. The molecule has 1 saturated heterocycles. The number of carbonyl (C=O) groups is 2. The fraction of sp³-hybridized carbons (Fsp3) is 0.0556. The van der Waals surface area contributed by atoms with E-state index in [1.807, 2.05) is 6.07 Å². The maximum Gasteiger partial charge on any atom is 0.264 e. The summed E-state index contributed by atoms with van der Waals surface area (Å²) in [5, 5.41) is 3.07. The Balaban J connectivity index is 1.60. The first-order chi connectivity index (χ1) is 12.6. The van der Waals surface area contributed by atoms with Crippen molar-refractivity contribution >= 4 is 40.5 Å². The zero-order valence-electron chi connectivity index (χ0n) is 13.4. The van der Waals surface area contributed by atoms with Gasteiger partial charge in [0.15, 0.2) is 16.7 Å². The highest BCUT2D eigenvalue weighted by Gasteiger charge is 2.24. The lowest BCUT2D eigenvalue weighted by atomic mass is 10.2. The number of hydrogen-bond donors (Lipinski definition) is 2. The van der Waals surface area contributed by atoms with Crippen LogP contribution in [0.25, 0.3) is 6.08 Å². The van der Waals surface area contributed by atoms with Crippen molar-refractivity contribution in [3.05, 3.63) is 58.5 Å². The van der Waals surface area contributed by atoms with Crippen molar-refractivity contribution in [2.24, 2.45) is 10.7 Å². The van der Waals surface area contributed by atoms with Gasteiger partial charge in [-0.05, 0) is 47.7 Å². The summed E-state index contributed by atoms with van der Waals surface area (Å²) in [7, 11) is 0. The van der Waals surface area contributed by atoms with Crippen LogP contribution in [0, 0.1) is 0 Å². The standard InChI is InChI=1S/C18H13N3O4S/c19-16(22)11-3-1-2-4-12(11)20-18-21-17(23)15(26-18)8-10-5-6-13-14(7-10)25-9-24-13/h1-8H,9H2,(H2,19,22)(H,20,21,23)/b15-8-. The molecule has 2 heterocycles. The molecule has 1 fully saturated rings. The summed E-state index contributed by atoms with van der Waals surface area (Å²) in [6, 6.07) is 12.1. The SMILES string of the molecule is NC(=O)c1ccccc1N=C1NC(=O)/C(=C/c2ccc3c(c2)OCO3)S1. The van der Waals surface area contributed by atoms with Gasteiger partial charge in [0, 0.05) is 0 Å². The summed E-state index contributed by atoms with van der Waals surface area (Å²) in [5.41, 5.74) is 6.87. The molecule has 2 amide bonds. The minimum atomic E-state index is -0.574. The van der Waals surface area contributed by atoms with Crippen molar-refractivity contribution < 1.29 is 19.1 Å². The summed E-state index contributed by atoms with van der Waals surface area (Å²) in [6.45, 7) is 0.195. The van der Waals surface area contributed by atoms with Crippen LogP contribution in [-0.2, 0) is 4.79 Å². The molecule has 2 aliphatic rings. The second kappa shape index (κ2) is 6.57. The molecule has 0 aliphatic carbocycles. The minimum Gasteiger partial charge on any atom is -0.454 e. The number of ether oxygens (including phenoxy) is 2. The number of fused-ring (bicyclic) bond motifs is 1. The smallest absolute Gasteiger partial charge is 0.264 e. The predicted octanol–water partition coefficient (Wildman–Crippen LogP) is 2.41. The molecule has 130 valence electrons. The van der Waals surface area contributed by atoms with E-state index >= 15 is 0 Å². The second-order valence-electron chi connectivity index (χ2n) is 5.48. The van der Waals surface area contributed by atoms with Gasteiger partial charge in [-0.15, -0.1) is 0 Å². The molecular weight excluding hydrogens is 354 g/mol. The van der Waals surface area contributed by atoms with Gasteiger partial charge in [0.05, 0.1) is 16.2 Å². The number of primary amides is 1. The molecule has 0 spiro atoms. The Kier molecular flexibility index (Phi) is 4.10. The third-order valence-electron chi connectivity index (χ3n) is 3.74. The molecular formula is C18H13N3O4S. The van der Waals surface area contributed by atoms with Gasteiger partial charge in [-0.2, -0.15) is 0 Å². The van der Waals surface area contributed by atoms with Crippen molar-refractivity contribution in [2.45, 2.75) is 0 Å². The zero-order chi connectivity index (χ0) is 18.1. The Labute approximate surface area is 152 Å². The minimum absolute atomic E-state index is 0.195. The molecule has 0 bridgehead atoms. The molecule has 7 nitrogen and oxygen atoms in total. The Hall–Kier alpha value is -3.26. The van der Waals surface area contributed by atoms with Crippen molar-refractivity contribution in [1.29, 1.82) is 0 Å². The molecule has 0 saturated carbocycles. The number of aliphatic imine (C=N–C) groups is 1. The summed E-state index contributed by atoms with van der Waals surface area (Å²) in [6.07, 6.45) is 1.74. The number of rotatable bonds is 3. The predicted molar refractivity (Wildman–Crippen MR) is 98.3 cm³/mol. The van der Waals surface area contributed by atoms with E-state index in [-0.39, 0.29) is 12.7 Å². The number of nitrogens with one attached hydrogen (secondary N) is 1. The van der Waals surface area contributed by atoms with Crippen LogP contribution in [-0.4, -0.2) is 23.8 Å². The van der Waals surface area contributed by atoms with Crippen LogP contribution in [0.3, 0.4) is 0 Å². The lowest BCUT2D eigenvalue weighted by Crippen LogP contribution is -2.19. The highest BCUT2D eigenvalue weighted by Crippen LogP contribution is 2.35. The molecule has 26 heavy (non-hydrogen) atoms. The first kappa shape index (κ1) is 16.2. The van der Waals surface area contributed by atoms with Gasteiger partial charge in [-0.1, -0.05) is 18.2 Å². The third-order valence-corrected chi connectivity index (χ3v) is 4.65. The monoisotopic (exact) mass is 367 g/mol. The van der Waals surface area contributed by atoms with Gasteiger partial charge in [0.2, 0.25) is 6.79 Å². The first-order valence-corrected chi connectivity index (χ1v) is 8.50. The van der Waals surface area contributed by atoms with E-state index in [0.29, 0.717) is 32.8 Å². The molecule has 4 rings (SSSR count). The second-order valence-corrected chi connectivity index (χ2v) is 6.51. The van der Waals surface area contributed by atoms with Crippen molar-refractivity contribution in [2.75, 3.05) is 6.79 Å². The summed E-state index contributed by atoms with van der Waals surface area (Å²) in [4.78, 5) is 28.5. The number of benzene rings is 2. The quantitative estimate of drug-likeness (QED) is 0.811. The van der Waals surface area contributed by atoms with E-state index in [0.717, 1.165) is 5.56 Å². The van der Waals surface area contributed by atoms with Gasteiger partial charge < -0.3 is 20.5 Å². The zero-order valence-corrected chi connectivity index (χ0v) is 14.2. The van der Waals surface area contributed by atoms with Gasteiger partial charge in [0.25, 0.3) is 11.8 Å². The van der Waals surface area contributed by atoms with Crippen LogP contribution < -0.4 is 20.5 Å². The molecule has 0 atom stereocenters. The largest absolute Gasteiger partial charge is 0.454 e. The Morgan fingerprint density at radius 1 is 1.19 bits per heavy atom. The number of amides is 2. The van der Waals surface area contributed by atoms with Crippen LogP contribution in [0.2, 0.25) is 0 Å². The lowest BCUT2D eigenvalue weighted by molar-refractivity contribution is -0.115. The number of carbonyl (C=O) groups excluding carboxylic acids is 2. The first-order valence-electron chi connectivity index (χ1n) is 7.68. The van der Waals surface area contributed by atoms with Crippen LogP contribution in [0.15, 0.2) is 52.4 Å².